The average molecular weight is 434 g/mol. The van der Waals surface area contributed by atoms with Crippen molar-refractivity contribution in [2.24, 2.45) is 0 Å². The molecule has 0 saturated carbocycles. The molecule has 0 N–H and O–H groups in total. The molecule has 0 radical (unpaired) electrons. The Morgan fingerprint density at radius 1 is 0.774 bits per heavy atom. The molecule has 7 nitrogen and oxygen atoms in total. The molecule has 1 aromatic heterocycles. The van der Waals surface area contributed by atoms with Crippen molar-refractivity contribution in [1.29, 1.82) is 0 Å². The number of methoxy groups -OCH3 is 2. The summed E-state index contributed by atoms with van der Waals surface area (Å²) in [6, 6.07) is 15.9. The summed E-state index contributed by atoms with van der Waals surface area (Å²) >= 11 is 1.38. The Bertz CT molecular complexity index is 1110. The number of imide groups is 2. The molecule has 0 unspecified atom stereocenters. The average Bonchev–Trinajstić information content (AvgIpc) is 3.30. The molecular formula is C23H18N2O5S. The van der Waals surface area contributed by atoms with Crippen LogP contribution in [0, 0.1) is 0 Å². The number of nitrogens with zero attached hydrogens (tertiary/aromatic N) is 2. The van der Waals surface area contributed by atoms with Crippen molar-refractivity contribution in [3.05, 3.63) is 76.5 Å². The Hall–Kier alpha value is -3.91. The fourth-order valence-corrected chi connectivity index (χ4v) is 3.86. The Labute approximate surface area is 182 Å². The van der Waals surface area contributed by atoms with E-state index in [2.05, 4.69) is 0 Å². The maximum atomic E-state index is 13.4. The first-order chi connectivity index (χ1) is 15.0. The molecule has 31 heavy (non-hydrogen) atoms. The van der Waals surface area contributed by atoms with E-state index in [9.17, 15) is 14.4 Å². The van der Waals surface area contributed by atoms with E-state index in [1.807, 2.05) is 11.4 Å². The molecule has 1 aliphatic heterocycles. The summed E-state index contributed by atoms with van der Waals surface area (Å²) in [5.74, 6) is -0.440. The highest BCUT2D eigenvalue weighted by Gasteiger charge is 2.44. The first-order valence-electron chi connectivity index (χ1n) is 9.29. The van der Waals surface area contributed by atoms with E-state index in [1.54, 1.807) is 54.6 Å². The standard InChI is InChI=1S/C23H18N2O5S/c1-29-17-8-3-6-15(12-17)24-21(26)20(14-19-10-5-11-31-19)22(27)25(23(24)28)16-7-4-9-18(13-16)30-2/h3-14H,1-2H3. The van der Waals surface area contributed by atoms with Crippen LogP contribution in [0.25, 0.3) is 6.08 Å². The number of urea groups is 1. The topological polar surface area (TPSA) is 76.2 Å². The molecule has 2 aromatic carbocycles. The van der Waals surface area contributed by atoms with Crippen molar-refractivity contribution >= 4 is 46.6 Å². The summed E-state index contributed by atoms with van der Waals surface area (Å²) in [5.41, 5.74) is 0.478. The zero-order valence-electron chi connectivity index (χ0n) is 16.8. The van der Waals surface area contributed by atoms with Crippen LogP contribution in [0.3, 0.4) is 0 Å². The minimum atomic E-state index is -0.778. The third kappa shape index (κ3) is 3.80. The molecule has 0 aliphatic carbocycles. The molecule has 3 aromatic rings. The van der Waals surface area contributed by atoms with Gasteiger partial charge in [-0.3, -0.25) is 9.59 Å². The van der Waals surface area contributed by atoms with Crippen LogP contribution in [-0.2, 0) is 9.59 Å². The molecule has 0 spiro atoms. The van der Waals surface area contributed by atoms with Crippen LogP contribution in [0.4, 0.5) is 16.2 Å². The van der Waals surface area contributed by atoms with Gasteiger partial charge in [0.1, 0.15) is 17.1 Å². The van der Waals surface area contributed by atoms with Crippen molar-refractivity contribution in [2.75, 3.05) is 24.0 Å². The van der Waals surface area contributed by atoms with Gasteiger partial charge < -0.3 is 9.47 Å². The first kappa shape index (κ1) is 20.4. The van der Waals surface area contributed by atoms with Crippen molar-refractivity contribution in [3.8, 4) is 11.5 Å². The minimum absolute atomic E-state index is 0.118. The zero-order chi connectivity index (χ0) is 22.0. The fraction of sp³-hybridized carbons (Fsp3) is 0.0870. The fourth-order valence-electron chi connectivity index (χ4n) is 3.20. The predicted molar refractivity (Wildman–Crippen MR) is 119 cm³/mol. The van der Waals surface area contributed by atoms with Crippen LogP contribution < -0.4 is 19.3 Å². The van der Waals surface area contributed by atoms with Gasteiger partial charge in [-0.25, -0.2) is 14.6 Å². The maximum Gasteiger partial charge on any atom is 0.343 e. The van der Waals surface area contributed by atoms with E-state index in [0.717, 1.165) is 14.7 Å². The largest absolute Gasteiger partial charge is 0.497 e. The normalized spacial score (nSPS) is 14.1. The van der Waals surface area contributed by atoms with Gasteiger partial charge in [0.05, 0.1) is 25.6 Å². The molecule has 2 heterocycles. The second-order valence-corrected chi connectivity index (χ2v) is 7.52. The van der Waals surface area contributed by atoms with Crippen molar-refractivity contribution in [3.63, 3.8) is 0 Å². The Kier molecular flexibility index (Phi) is 5.55. The molecular weight excluding hydrogens is 416 g/mol. The highest BCUT2D eigenvalue weighted by atomic mass is 32.1. The molecule has 1 aliphatic rings. The lowest BCUT2D eigenvalue weighted by atomic mass is 10.1. The van der Waals surface area contributed by atoms with Crippen LogP contribution in [0.1, 0.15) is 4.88 Å². The number of carbonyl (C=O) groups is 3. The minimum Gasteiger partial charge on any atom is -0.497 e. The van der Waals surface area contributed by atoms with Gasteiger partial charge in [-0.05, 0) is 41.8 Å². The molecule has 156 valence electrons. The van der Waals surface area contributed by atoms with Crippen LogP contribution in [0.2, 0.25) is 0 Å². The van der Waals surface area contributed by atoms with Gasteiger partial charge in [-0.15, -0.1) is 11.3 Å². The van der Waals surface area contributed by atoms with Crippen LogP contribution in [0.15, 0.2) is 71.6 Å². The number of anilines is 2. The van der Waals surface area contributed by atoms with E-state index in [-0.39, 0.29) is 5.57 Å². The lowest BCUT2D eigenvalue weighted by Gasteiger charge is -2.34. The Balaban J connectivity index is 1.87. The number of hydrogen-bond acceptors (Lipinski definition) is 6. The molecule has 1 saturated heterocycles. The quantitative estimate of drug-likeness (QED) is 0.441. The predicted octanol–water partition coefficient (Wildman–Crippen LogP) is 4.35. The second kappa shape index (κ2) is 8.45. The number of amides is 4. The molecule has 4 amide bonds. The summed E-state index contributed by atoms with van der Waals surface area (Å²) < 4.78 is 10.5. The van der Waals surface area contributed by atoms with Crippen LogP contribution >= 0.6 is 11.3 Å². The lowest BCUT2D eigenvalue weighted by molar-refractivity contribution is -0.121. The summed E-state index contributed by atoms with van der Waals surface area (Å²) in [4.78, 5) is 42.7. The number of hydrogen-bond donors (Lipinski definition) is 0. The monoisotopic (exact) mass is 434 g/mol. The highest BCUT2D eigenvalue weighted by molar-refractivity contribution is 7.10. The van der Waals surface area contributed by atoms with Crippen LogP contribution in [-0.4, -0.2) is 32.1 Å². The van der Waals surface area contributed by atoms with Crippen molar-refractivity contribution in [2.45, 2.75) is 0 Å². The summed E-state index contributed by atoms with van der Waals surface area (Å²) in [6.07, 6.45) is 1.50. The summed E-state index contributed by atoms with van der Waals surface area (Å²) in [5, 5.41) is 1.84. The number of carbonyl (C=O) groups excluding carboxylic acids is 3. The van der Waals surface area contributed by atoms with Crippen LogP contribution in [0.5, 0.6) is 11.5 Å². The third-order valence-electron chi connectivity index (χ3n) is 4.70. The first-order valence-corrected chi connectivity index (χ1v) is 10.2. The number of thiophene rings is 1. The van der Waals surface area contributed by atoms with Gasteiger partial charge in [0.15, 0.2) is 0 Å². The van der Waals surface area contributed by atoms with Crippen molar-refractivity contribution < 1.29 is 23.9 Å². The van der Waals surface area contributed by atoms with Gasteiger partial charge in [0, 0.05) is 17.0 Å². The summed E-state index contributed by atoms with van der Waals surface area (Å²) in [7, 11) is 2.99. The van der Waals surface area contributed by atoms with Gasteiger partial charge in [-0.1, -0.05) is 18.2 Å². The SMILES string of the molecule is COc1cccc(N2C(=O)C(=Cc3cccs3)C(=O)N(c3cccc(OC)c3)C2=O)c1. The maximum absolute atomic E-state index is 13.4. The third-order valence-corrected chi connectivity index (χ3v) is 5.52. The lowest BCUT2D eigenvalue weighted by Crippen LogP contribution is -2.57. The molecule has 0 atom stereocenters. The van der Waals surface area contributed by atoms with E-state index < -0.39 is 17.8 Å². The molecule has 1 fully saturated rings. The second-order valence-electron chi connectivity index (χ2n) is 6.54. The van der Waals surface area contributed by atoms with Gasteiger partial charge in [0.2, 0.25) is 0 Å². The van der Waals surface area contributed by atoms with Gasteiger partial charge in [-0.2, -0.15) is 0 Å². The van der Waals surface area contributed by atoms with Gasteiger partial charge in [0.25, 0.3) is 11.8 Å². The van der Waals surface area contributed by atoms with E-state index >= 15 is 0 Å². The van der Waals surface area contributed by atoms with E-state index in [4.69, 9.17) is 9.47 Å². The Morgan fingerprint density at radius 3 is 1.77 bits per heavy atom. The number of benzene rings is 2. The van der Waals surface area contributed by atoms with E-state index in [0.29, 0.717) is 22.9 Å². The molecule has 8 heteroatoms. The smallest absolute Gasteiger partial charge is 0.343 e. The zero-order valence-corrected chi connectivity index (χ0v) is 17.6. The van der Waals surface area contributed by atoms with Gasteiger partial charge >= 0.3 is 6.03 Å². The van der Waals surface area contributed by atoms with Crippen molar-refractivity contribution in [1.82, 2.24) is 0 Å². The summed E-state index contributed by atoms with van der Waals surface area (Å²) in [6.45, 7) is 0. The number of ether oxygens (including phenoxy) is 2. The number of barbiturate groups is 1. The Morgan fingerprint density at radius 2 is 1.32 bits per heavy atom. The molecule has 4 rings (SSSR count). The molecule has 0 bridgehead atoms. The van der Waals surface area contributed by atoms with E-state index in [1.165, 1.54) is 31.6 Å². The highest BCUT2D eigenvalue weighted by Crippen LogP contribution is 2.32. The number of rotatable bonds is 5.